The van der Waals surface area contributed by atoms with Crippen molar-refractivity contribution >= 4 is 10.1 Å². The van der Waals surface area contributed by atoms with Crippen LogP contribution in [0.25, 0.3) is 0 Å². The third-order valence-electron chi connectivity index (χ3n) is 3.84. The predicted molar refractivity (Wildman–Crippen MR) is 66.4 cm³/mol. The van der Waals surface area contributed by atoms with Gasteiger partial charge in [0.2, 0.25) is 0 Å². The van der Waals surface area contributed by atoms with Gasteiger partial charge in [-0.3, -0.25) is 4.55 Å². The van der Waals surface area contributed by atoms with Crippen LogP contribution in [0.5, 0.6) is 0 Å². The highest BCUT2D eigenvalue weighted by atomic mass is 32.2. The second kappa shape index (κ2) is 8.05. The van der Waals surface area contributed by atoms with E-state index in [9.17, 15) is 91.8 Å². The van der Waals surface area contributed by atoms with Crippen molar-refractivity contribution in [2.75, 3.05) is 0 Å². The van der Waals surface area contributed by atoms with Crippen LogP contribution in [-0.4, -0.2) is 65.9 Å². The molecule has 0 atom stereocenters. The molecule has 0 rings (SSSR count). The van der Waals surface area contributed by atoms with E-state index in [1.54, 1.807) is 0 Å². The molecule has 23 heteroatoms. The Bertz CT molecular complexity index is 855. The van der Waals surface area contributed by atoms with Gasteiger partial charge in [-0.15, -0.1) is 0 Å². The molecular weight excluding hydrogens is 573 g/mol. The molecule has 0 heterocycles. The molecule has 0 aromatic heterocycles. The lowest BCUT2D eigenvalue weighted by Gasteiger charge is -2.43. The molecule has 0 amide bonds. The molecule has 0 bridgehead atoms. The summed E-state index contributed by atoms with van der Waals surface area (Å²) in [5.74, 6) is -59.2. The lowest BCUT2D eigenvalue weighted by atomic mass is 9.88. The van der Waals surface area contributed by atoms with E-state index in [4.69, 9.17) is 4.55 Å². The van der Waals surface area contributed by atoms with Gasteiger partial charge in [-0.2, -0.15) is 91.8 Å². The average molecular weight is 578 g/mol. The Kier molecular flexibility index (Phi) is 7.71. The van der Waals surface area contributed by atoms with E-state index in [1.807, 2.05) is 0 Å². The van der Waals surface area contributed by atoms with Gasteiger partial charge in [0, 0.05) is 12.8 Å². The summed E-state index contributed by atoms with van der Waals surface area (Å²) in [7, 11) is -7.96. The van der Waals surface area contributed by atoms with E-state index in [1.165, 1.54) is 0 Å². The van der Waals surface area contributed by atoms with Gasteiger partial charge < -0.3 is 0 Å². The molecule has 0 aliphatic heterocycles. The third-order valence-corrected chi connectivity index (χ3v) is 4.75. The lowest BCUT2D eigenvalue weighted by Crippen LogP contribution is -2.75. The molecule has 0 radical (unpaired) electrons. The third kappa shape index (κ3) is 4.45. The molecule has 0 unspecified atom stereocenters. The highest BCUT2D eigenvalue weighted by Gasteiger charge is 2.95. The number of halogens is 19. The molecule has 0 saturated heterocycles. The first-order valence-electron chi connectivity index (χ1n) is 7.27. The topological polar surface area (TPSA) is 54.4 Å². The second-order valence-electron chi connectivity index (χ2n) is 6.26. The minimum Gasteiger partial charge on any atom is -0.281 e. The number of hydrogen-bond acceptors (Lipinski definition) is 2. The van der Waals surface area contributed by atoms with Crippen molar-refractivity contribution in [2.45, 2.75) is 65.7 Å². The first-order chi connectivity index (χ1) is 14.2. The zero-order valence-electron chi connectivity index (χ0n) is 14.8. The highest BCUT2D eigenvalue weighted by molar-refractivity contribution is 7.87. The average Bonchev–Trinajstić information content (AvgIpc) is 2.57. The van der Waals surface area contributed by atoms with Crippen molar-refractivity contribution in [2.24, 2.45) is 0 Å². The number of hydrogen-bond donors (Lipinski definition) is 1. The standard InChI is InChI=1S/C11H5F19O3S/c12-3(13,1-2-4(14,15)16)5(17,18)6(19,20)7(21,22)8(23,24)9(25,26)10(27,28)11(29,30)34(31,32)33/h1-2H2,(H,31,32,33). The molecule has 0 aliphatic rings. The van der Waals surface area contributed by atoms with Crippen LogP contribution in [0.15, 0.2) is 0 Å². The Morgan fingerprint density at radius 3 is 0.971 bits per heavy atom. The summed E-state index contributed by atoms with van der Waals surface area (Å²) in [4.78, 5) is 0. The summed E-state index contributed by atoms with van der Waals surface area (Å²) in [6.07, 6.45) is -12.7. The van der Waals surface area contributed by atoms with Gasteiger partial charge in [-0.1, -0.05) is 0 Å². The Balaban J connectivity index is 6.83. The first kappa shape index (κ1) is 32.6. The van der Waals surface area contributed by atoms with Crippen molar-refractivity contribution in [3.8, 4) is 0 Å². The Morgan fingerprint density at radius 2 is 0.706 bits per heavy atom. The van der Waals surface area contributed by atoms with Crippen molar-refractivity contribution in [3.63, 3.8) is 0 Å². The molecular formula is C11H5F19O3S. The van der Waals surface area contributed by atoms with Gasteiger partial charge in [-0.05, 0) is 0 Å². The SMILES string of the molecule is O=S(=O)(O)C(F)(F)C(F)(F)C(F)(F)C(F)(F)C(F)(F)C(F)(F)C(F)(F)C(F)(F)CCC(F)(F)F. The fraction of sp³-hybridized carbons (Fsp3) is 1.00. The molecule has 0 aromatic rings. The van der Waals surface area contributed by atoms with E-state index >= 15 is 0 Å². The van der Waals surface area contributed by atoms with Crippen molar-refractivity contribution in [1.29, 1.82) is 0 Å². The first-order valence-corrected chi connectivity index (χ1v) is 8.71. The van der Waals surface area contributed by atoms with Crippen molar-refractivity contribution in [1.82, 2.24) is 0 Å². The van der Waals surface area contributed by atoms with Crippen LogP contribution in [0.2, 0.25) is 0 Å². The summed E-state index contributed by atoms with van der Waals surface area (Å²) >= 11 is 0. The molecule has 0 fully saturated rings. The van der Waals surface area contributed by atoms with Gasteiger partial charge in [0.25, 0.3) is 0 Å². The van der Waals surface area contributed by atoms with E-state index in [-0.39, 0.29) is 0 Å². The molecule has 3 nitrogen and oxygen atoms in total. The molecule has 0 saturated carbocycles. The number of rotatable bonds is 10. The summed E-state index contributed by atoms with van der Waals surface area (Å²) in [6.45, 7) is 0. The van der Waals surface area contributed by atoms with Gasteiger partial charge in [0.05, 0.1) is 0 Å². The molecule has 1 N–H and O–H groups in total. The quantitative estimate of drug-likeness (QED) is 0.246. The summed E-state index contributed by atoms with van der Waals surface area (Å²) in [6, 6.07) is 0. The van der Waals surface area contributed by atoms with Crippen molar-refractivity contribution < 1.29 is 96.4 Å². The van der Waals surface area contributed by atoms with E-state index in [0.29, 0.717) is 0 Å². The van der Waals surface area contributed by atoms with Crippen LogP contribution in [0.3, 0.4) is 0 Å². The van der Waals surface area contributed by atoms with Crippen LogP contribution in [-0.2, 0) is 10.1 Å². The Labute approximate surface area is 173 Å². The number of alkyl halides is 19. The second-order valence-corrected chi connectivity index (χ2v) is 7.72. The molecule has 0 aliphatic carbocycles. The van der Waals surface area contributed by atoms with Crippen LogP contribution >= 0.6 is 0 Å². The Hall–Kier alpha value is -1.42. The van der Waals surface area contributed by atoms with E-state index in [2.05, 4.69) is 0 Å². The van der Waals surface area contributed by atoms with E-state index in [0.717, 1.165) is 0 Å². The minimum absolute atomic E-state index is 3.19. The maximum absolute atomic E-state index is 13.4. The van der Waals surface area contributed by atoms with Gasteiger partial charge in [0.15, 0.2) is 0 Å². The minimum atomic E-state index is -8.97. The van der Waals surface area contributed by atoms with Gasteiger partial charge in [-0.25, -0.2) is 0 Å². The maximum atomic E-state index is 13.4. The van der Waals surface area contributed by atoms with Crippen LogP contribution in [0.1, 0.15) is 12.8 Å². The van der Waals surface area contributed by atoms with Gasteiger partial charge >= 0.3 is 63.0 Å². The molecule has 0 aromatic carbocycles. The van der Waals surface area contributed by atoms with Crippen LogP contribution in [0.4, 0.5) is 83.4 Å². The smallest absolute Gasteiger partial charge is 0.281 e. The van der Waals surface area contributed by atoms with Crippen LogP contribution in [0, 0.1) is 0 Å². The van der Waals surface area contributed by atoms with Gasteiger partial charge in [0.1, 0.15) is 0 Å². The largest absolute Gasteiger partial charge is 0.438 e. The zero-order valence-corrected chi connectivity index (χ0v) is 15.6. The fourth-order valence-corrected chi connectivity index (χ4v) is 2.27. The predicted octanol–water partition coefficient (Wildman–Crippen LogP) is 6.26. The Morgan fingerprint density at radius 1 is 0.441 bits per heavy atom. The molecule has 34 heavy (non-hydrogen) atoms. The molecule has 206 valence electrons. The molecule has 0 spiro atoms. The fourth-order valence-electron chi connectivity index (χ4n) is 1.82. The highest BCUT2D eigenvalue weighted by Crippen LogP contribution is 2.64. The zero-order chi connectivity index (χ0) is 28.4. The summed E-state index contributed by atoms with van der Waals surface area (Å²) in [5.41, 5.74) is 0. The van der Waals surface area contributed by atoms with Crippen LogP contribution < -0.4 is 0 Å². The normalized spacial score (nSPS) is 16.7. The van der Waals surface area contributed by atoms with Crippen molar-refractivity contribution in [3.05, 3.63) is 0 Å². The summed E-state index contributed by atoms with van der Waals surface area (Å²) in [5, 5.41) is -7.91. The summed E-state index contributed by atoms with van der Waals surface area (Å²) < 4.78 is 275. The maximum Gasteiger partial charge on any atom is 0.438 e. The van der Waals surface area contributed by atoms with E-state index < -0.39 is 75.8 Å². The monoisotopic (exact) mass is 578 g/mol. The lowest BCUT2D eigenvalue weighted by molar-refractivity contribution is -0.449.